The van der Waals surface area contributed by atoms with Gasteiger partial charge in [-0.2, -0.15) is 0 Å². The van der Waals surface area contributed by atoms with Crippen molar-refractivity contribution in [1.82, 2.24) is 0 Å². The molecule has 4 rings (SSSR count). The van der Waals surface area contributed by atoms with Gasteiger partial charge >= 0.3 is 0 Å². The molecule has 0 bridgehead atoms. The predicted molar refractivity (Wildman–Crippen MR) is 101 cm³/mol. The van der Waals surface area contributed by atoms with Crippen molar-refractivity contribution in [2.45, 2.75) is 6.42 Å². The van der Waals surface area contributed by atoms with Crippen LogP contribution in [0.5, 0.6) is 11.5 Å². The van der Waals surface area contributed by atoms with Gasteiger partial charge in [-0.1, -0.05) is 0 Å². The monoisotopic (exact) mass is 381 g/mol. The maximum Gasteiger partial charge on any atom is 0.248 e. The van der Waals surface area contributed by atoms with Gasteiger partial charge in [0.25, 0.3) is 0 Å². The summed E-state index contributed by atoms with van der Waals surface area (Å²) in [6.45, 7) is 1.24. The summed E-state index contributed by atoms with van der Waals surface area (Å²) in [4.78, 5) is 37.7. The molecule has 0 saturated carbocycles. The summed E-state index contributed by atoms with van der Waals surface area (Å²) in [5, 5.41) is 2.78. The van der Waals surface area contributed by atoms with Gasteiger partial charge in [0, 0.05) is 36.0 Å². The van der Waals surface area contributed by atoms with Gasteiger partial charge in [-0.15, -0.1) is 0 Å². The van der Waals surface area contributed by atoms with E-state index < -0.39 is 11.8 Å². The number of nitrogens with zero attached hydrogens (tertiary/aromatic N) is 1. The summed E-state index contributed by atoms with van der Waals surface area (Å²) in [6, 6.07) is 11.6. The number of primary amides is 1. The smallest absolute Gasteiger partial charge is 0.248 e. The van der Waals surface area contributed by atoms with E-state index in [4.69, 9.17) is 15.2 Å². The van der Waals surface area contributed by atoms with Crippen LogP contribution in [-0.2, 0) is 9.59 Å². The largest absolute Gasteiger partial charge is 0.486 e. The number of carbonyl (C=O) groups excluding carboxylic acids is 3. The first kappa shape index (κ1) is 17.8. The molecule has 144 valence electrons. The quantitative estimate of drug-likeness (QED) is 0.835. The van der Waals surface area contributed by atoms with E-state index in [-0.39, 0.29) is 24.8 Å². The van der Waals surface area contributed by atoms with Crippen molar-refractivity contribution in [2.75, 3.05) is 30.0 Å². The minimum atomic E-state index is -0.533. The third-order valence-corrected chi connectivity index (χ3v) is 4.77. The molecule has 1 saturated heterocycles. The zero-order valence-electron chi connectivity index (χ0n) is 15.0. The van der Waals surface area contributed by atoms with Crippen LogP contribution in [0, 0.1) is 5.92 Å². The van der Waals surface area contributed by atoms with Crippen molar-refractivity contribution in [3.63, 3.8) is 0 Å². The lowest BCUT2D eigenvalue weighted by Crippen LogP contribution is -2.28. The van der Waals surface area contributed by atoms with E-state index in [0.717, 1.165) is 0 Å². The summed E-state index contributed by atoms with van der Waals surface area (Å²) in [6.07, 6.45) is 0.125. The molecule has 8 heteroatoms. The topological polar surface area (TPSA) is 111 Å². The Morgan fingerprint density at radius 3 is 2.46 bits per heavy atom. The first-order chi connectivity index (χ1) is 13.5. The molecule has 0 spiro atoms. The molecule has 2 aliphatic rings. The van der Waals surface area contributed by atoms with Crippen molar-refractivity contribution >= 4 is 29.1 Å². The van der Waals surface area contributed by atoms with Crippen molar-refractivity contribution in [2.24, 2.45) is 11.7 Å². The number of anilines is 2. The molecule has 2 aromatic rings. The highest BCUT2D eigenvalue weighted by atomic mass is 16.6. The van der Waals surface area contributed by atoms with E-state index >= 15 is 0 Å². The molecule has 8 nitrogen and oxygen atoms in total. The molecule has 2 aliphatic heterocycles. The number of carbonyl (C=O) groups is 3. The number of ether oxygens (including phenoxy) is 2. The van der Waals surface area contributed by atoms with Crippen LogP contribution in [-0.4, -0.2) is 37.5 Å². The summed E-state index contributed by atoms with van der Waals surface area (Å²) < 4.78 is 11.1. The Bertz CT molecular complexity index is 941. The number of fused-ring (bicyclic) bond motifs is 1. The fourth-order valence-electron chi connectivity index (χ4n) is 3.29. The first-order valence-corrected chi connectivity index (χ1v) is 8.92. The van der Waals surface area contributed by atoms with Crippen LogP contribution in [0.3, 0.4) is 0 Å². The minimum absolute atomic E-state index is 0.124. The van der Waals surface area contributed by atoms with Gasteiger partial charge in [-0.25, -0.2) is 0 Å². The fraction of sp³-hybridized carbons (Fsp3) is 0.250. The molecule has 1 unspecified atom stereocenters. The Hall–Kier alpha value is -3.55. The summed E-state index contributed by atoms with van der Waals surface area (Å²) in [5.41, 5.74) is 6.79. The Morgan fingerprint density at radius 1 is 1.04 bits per heavy atom. The average molecular weight is 381 g/mol. The van der Waals surface area contributed by atoms with E-state index in [9.17, 15) is 14.4 Å². The van der Waals surface area contributed by atoms with Gasteiger partial charge in [0.05, 0.1) is 5.92 Å². The van der Waals surface area contributed by atoms with E-state index in [0.29, 0.717) is 41.7 Å². The zero-order valence-corrected chi connectivity index (χ0v) is 15.0. The molecular weight excluding hydrogens is 362 g/mol. The highest BCUT2D eigenvalue weighted by Gasteiger charge is 2.35. The van der Waals surface area contributed by atoms with Gasteiger partial charge in [0.2, 0.25) is 17.7 Å². The van der Waals surface area contributed by atoms with Crippen LogP contribution in [0.1, 0.15) is 16.8 Å². The third kappa shape index (κ3) is 3.48. The normalized spacial score (nSPS) is 18.1. The second-order valence-electron chi connectivity index (χ2n) is 6.66. The maximum absolute atomic E-state index is 12.6. The summed E-state index contributed by atoms with van der Waals surface area (Å²) in [7, 11) is 0. The molecule has 2 heterocycles. The second kappa shape index (κ2) is 7.22. The van der Waals surface area contributed by atoms with E-state index in [1.165, 1.54) is 0 Å². The second-order valence-corrected chi connectivity index (χ2v) is 6.66. The first-order valence-electron chi connectivity index (χ1n) is 8.92. The molecule has 0 aliphatic carbocycles. The lowest BCUT2D eigenvalue weighted by atomic mass is 10.1. The number of hydrogen-bond acceptors (Lipinski definition) is 5. The molecule has 28 heavy (non-hydrogen) atoms. The predicted octanol–water partition coefficient (Wildman–Crippen LogP) is 1.55. The van der Waals surface area contributed by atoms with Gasteiger partial charge in [0.1, 0.15) is 13.2 Å². The lowest BCUT2D eigenvalue weighted by Gasteiger charge is -2.22. The number of amides is 3. The minimum Gasteiger partial charge on any atom is -0.486 e. The standard InChI is InChI=1S/C20H19N3O5/c21-19(25)12-1-3-14(4-2-12)22-20(26)13-9-18(24)23(11-13)15-5-6-16-17(10-15)28-8-7-27-16/h1-6,10,13H,7-9,11H2,(H2,21,25)(H,22,26). The van der Waals surface area contributed by atoms with Crippen LogP contribution in [0.15, 0.2) is 42.5 Å². The fourth-order valence-corrected chi connectivity index (χ4v) is 3.29. The Morgan fingerprint density at radius 2 is 1.75 bits per heavy atom. The highest BCUT2D eigenvalue weighted by Crippen LogP contribution is 2.36. The number of hydrogen-bond donors (Lipinski definition) is 2. The van der Waals surface area contributed by atoms with Gasteiger partial charge in [-0.05, 0) is 36.4 Å². The van der Waals surface area contributed by atoms with Crippen molar-refractivity contribution in [3.8, 4) is 11.5 Å². The number of nitrogens with two attached hydrogens (primary N) is 1. The van der Waals surface area contributed by atoms with Crippen LogP contribution >= 0.6 is 0 Å². The number of nitrogens with one attached hydrogen (secondary N) is 1. The molecule has 0 aromatic heterocycles. The Labute approximate surface area is 161 Å². The van der Waals surface area contributed by atoms with E-state index in [2.05, 4.69) is 5.32 Å². The van der Waals surface area contributed by atoms with Crippen LogP contribution in [0.2, 0.25) is 0 Å². The number of benzene rings is 2. The SMILES string of the molecule is NC(=O)c1ccc(NC(=O)C2CC(=O)N(c3ccc4c(c3)OCCO4)C2)cc1. The van der Waals surface area contributed by atoms with Crippen LogP contribution < -0.4 is 25.4 Å². The molecule has 3 N–H and O–H groups in total. The molecule has 1 atom stereocenters. The lowest BCUT2D eigenvalue weighted by molar-refractivity contribution is -0.122. The number of rotatable bonds is 4. The van der Waals surface area contributed by atoms with E-state index in [1.54, 1.807) is 47.4 Å². The van der Waals surface area contributed by atoms with Crippen LogP contribution in [0.4, 0.5) is 11.4 Å². The molecule has 3 amide bonds. The zero-order chi connectivity index (χ0) is 19.7. The van der Waals surface area contributed by atoms with Crippen molar-refractivity contribution < 1.29 is 23.9 Å². The third-order valence-electron chi connectivity index (χ3n) is 4.77. The summed E-state index contributed by atoms with van der Waals surface area (Å²) >= 11 is 0. The maximum atomic E-state index is 12.6. The molecule has 0 radical (unpaired) electrons. The highest BCUT2D eigenvalue weighted by molar-refractivity contribution is 6.03. The summed E-state index contributed by atoms with van der Waals surface area (Å²) in [5.74, 6) is -0.138. The van der Waals surface area contributed by atoms with Gasteiger partial charge in [-0.3, -0.25) is 14.4 Å². The Balaban J connectivity index is 1.44. The van der Waals surface area contributed by atoms with Crippen LogP contribution in [0.25, 0.3) is 0 Å². The van der Waals surface area contributed by atoms with Gasteiger partial charge < -0.3 is 25.4 Å². The Kier molecular flexibility index (Phi) is 4.60. The molecule has 1 fully saturated rings. The van der Waals surface area contributed by atoms with Crippen molar-refractivity contribution in [1.29, 1.82) is 0 Å². The van der Waals surface area contributed by atoms with E-state index in [1.807, 2.05) is 0 Å². The van der Waals surface area contributed by atoms with Crippen molar-refractivity contribution in [3.05, 3.63) is 48.0 Å². The molecule has 2 aromatic carbocycles. The van der Waals surface area contributed by atoms with Gasteiger partial charge in [0.15, 0.2) is 11.5 Å². The average Bonchev–Trinajstić information content (AvgIpc) is 3.10. The molecular formula is C20H19N3O5.